The lowest BCUT2D eigenvalue weighted by atomic mass is 10.1. The zero-order chi connectivity index (χ0) is 12.8. The third-order valence-corrected chi connectivity index (χ3v) is 2.90. The van der Waals surface area contributed by atoms with E-state index >= 15 is 0 Å². The van der Waals surface area contributed by atoms with Crippen LogP contribution in [0.25, 0.3) is 0 Å². The van der Waals surface area contributed by atoms with Gasteiger partial charge in [-0.05, 0) is 57.0 Å². The molecule has 0 aliphatic heterocycles. The van der Waals surface area contributed by atoms with Gasteiger partial charge in [-0.15, -0.1) is 0 Å². The van der Waals surface area contributed by atoms with Gasteiger partial charge in [0.1, 0.15) is 5.75 Å². The standard InChI is InChI=1S/C14H24N2O/c1-5-17-14-10-11(2)13(9-12(14)3)16(4)8-6-7-15/h9-10H,5-8,15H2,1-4H3. The van der Waals surface area contributed by atoms with E-state index < -0.39 is 0 Å². The fourth-order valence-corrected chi connectivity index (χ4v) is 1.95. The van der Waals surface area contributed by atoms with Gasteiger partial charge in [-0.1, -0.05) is 0 Å². The average molecular weight is 236 g/mol. The summed E-state index contributed by atoms with van der Waals surface area (Å²) in [6.07, 6.45) is 1.02. The van der Waals surface area contributed by atoms with Gasteiger partial charge in [0.2, 0.25) is 0 Å². The summed E-state index contributed by atoms with van der Waals surface area (Å²) >= 11 is 0. The quantitative estimate of drug-likeness (QED) is 0.824. The van der Waals surface area contributed by atoms with E-state index in [9.17, 15) is 0 Å². The third-order valence-electron chi connectivity index (χ3n) is 2.90. The van der Waals surface area contributed by atoms with Gasteiger partial charge in [0.05, 0.1) is 6.61 Å². The summed E-state index contributed by atoms with van der Waals surface area (Å²) in [6.45, 7) is 8.66. The van der Waals surface area contributed by atoms with E-state index in [0.717, 1.165) is 25.3 Å². The average Bonchev–Trinajstić information content (AvgIpc) is 2.30. The van der Waals surface area contributed by atoms with Gasteiger partial charge in [0, 0.05) is 19.3 Å². The van der Waals surface area contributed by atoms with E-state index in [2.05, 4.69) is 37.9 Å². The molecule has 0 saturated heterocycles. The minimum absolute atomic E-state index is 0.711. The third kappa shape index (κ3) is 3.63. The predicted octanol–water partition coefficient (Wildman–Crippen LogP) is 2.49. The van der Waals surface area contributed by atoms with Crippen molar-refractivity contribution in [1.82, 2.24) is 0 Å². The van der Waals surface area contributed by atoms with Crippen LogP contribution in [0.1, 0.15) is 24.5 Å². The van der Waals surface area contributed by atoms with Crippen molar-refractivity contribution >= 4 is 5.69 Å². The number of anilines is 1. The van der Waals surface area contributed by atoms with E-state index in [0.29, 0.717) is 6.61 Å². The molecule has 2 N–H and O–H groups in total. The van der Waals surface area contributed by atoms with Crippen molar-refractivity contribution in [2.45, 2.75) is 27.2 Å². The van der Waals surface area contributed by atoms with Crippen LogP contribution in [0, 0.1) is 13.8 Å². The van der Waals surface area contributed by atoms with Gasteiger partial charge in [-0.3, -0.25) is 0 Å². The van der Waals surface area contributed by atoms with Crippen LogP contribution in [0.5, 0.6) is 5.75 Å². The summed E-state index contributed by atoms with van der Waals surface area (Å²) in [6, 6.07) is 4.31. The molecule has 0 radical (unpaired) electrons. The maximum absolute atomic E-state index is 5.59. The van der Waals surface area contributed by atoms with Crippen molar-refractivity contribution in [3.05, 3.63) is 23.3 Å². The van der Waals surface area contributed by atoms with Crippen LogP contribution in [0.15, 0.2) is 12.1 Å². The molecule has 0 aliphatic carbocycles. The fraction of sp³-hybridized carbons (Fsp3) is 0.571. The van der Waals surface area contributed by atoms with Crippen molar-refractivity contribution in [2.75, 3.05) is 31.6 Å². The summed E-state index contributed by atoms with van der Waals surface area (Å²) in [5, 5.41) is 0. The molecule has 0 heterocycles. The number of ether oxygens (including phenoxy) is 1. The van der Waals surface area contributed by atoms with Gasteiger partial charge in [0.25, 0.3) is 0 Å². The molecule has 1 aromatic rings. The Morgan fingerprint density at radius 2 is 1.94 bits per heavy atom. The Morgan fingerprint density at radius 1 is 1.24 bits per heavy atom. The molecule has 3 heteroatoms. The molecule has 0 spiro atoms. The molecule has 0 amide bonds. The summed E-state index contributed by atoms with van der Waals surface area (Å²) in [7, 11) is 2.11. The zero-order valence-corrected chi connectivity index (χ0v) is 11.4. The number of hydrogen-bond acceptors (Lipinski definition) is 3. The summed E-state index contributed by atoms with van der Waals surface area (Å²) < 4.78 is 5.59. The molecule has 0 atom stereocenters. The summed E-state index contributed by atoms with van der Waals surface area (Å²) in [5.74, 6) is 0.987. The topological polar surface area (TPSA) is 38.5 Å². The maximum Gasteiger partial charge on any atom is 0.122 e. The number of nitrogens with zero attached hydrogens (tertiary/aromatic N) is 1. The van der Waals surface area contributed by atoms with Crippen molar-refractivity contribution in [3.63, 3.8) is 0 Å². The molecule has 17 heavy (non-hydrogen) atoms. The van der Waals surface area contributed by atoms with E-state index in [-0.39, 0.29) is 0 Å². The van der Waals surface area contributed by atoms with Crippen LogP contribution in [-0.4, -0.2) is 26.7 Å². The van der Waals surface area contributed by atoms with E-state index in [1.54, 1.807) is 0 Å². The highest BCUT2D eigenvalue weighted by Crippen LogP contribution is 2.28. The lowest BCUT2D eigenvalue weighted by Gasteiger charge is -2.22. The van der Waals surface area contributed by atoms with Crippen molar-refractivity contribution in [3.8, 4) is 5.75 Å². The normalized spacial score (nSPS) is 10.4. The van der Waals surface area contributed by atoms with Crippen molar-refractivity contribution < 1.29 is 4.74 Å². The van der Waals surface area contributed by atoms with Crippen LogP contribution < -0.4 is 15.4 Å². The first-order valence-electron chi connectivity index (χ1n) is 6.25. The zero-order valence-electron chi connectivity index (χ0n) is 11.4. The minimum Gasteiger partial charge on any atom is -0.494 e. The van der Waals surface area contributed by atoms with Crippen LogP contribution in [0.2, 0.25) is 0 Å². The van der Waals surface area contributed by atoms with Gasteiger partial charge >= 0.3 is 0 Å². The highest BCUT2D eigenvalue weighted by Gasteiger charge is 2.08. The second kappa shape index (κ2) is 6.50. The first kappa shape index (κ1) is 13.8. The van der Waals surface area contributed by atoms with Gasteiger partial charge < -0.3 is 15.4 Å². The number of nitrogens with two attached hydrogens (primary N) is 1. The Hall–Kier alpha value is -1.22. The highest BCUT2D eigenvalue weighted by atomic mass is 16.5. The Bertz CT molecular complexity index is 363. The first-order chi connectivity index (χ1) is 8.10. The second-order valence-electron chi connectivity index (χ2n) is 4.40. The largest absolute Gasteiger partial charge is 0.494 e. The van der Waals surface area contributed by atoms with Crippen molar-refractivity contribution in [2.24, 2.45) is 5.73 Å². The number of hydrogen-bond donors (Lipinski definition) is 1. The molecule has 0 aliphatic rings. The smallest absolute Gasteiger partial charge is 0.122 e. The van der Waals surface area contributed by atoms with Gasteiger partial charge in [0.15, 0.2) is 0 Å². The van der Waals surface area contributed by atoms with E-state index in [4.69, 9.17) is 10.5 Å². The Balaban J connectivity index is 2.90. The lowest BCUT2D eigenvalue weighted by Crippen LogP contribution is -2.22. The number of rotatable bonds is 6. The molecule has 0 unspecified atom stereocenters. The van der Waals surface area contributed by atoms with Gasteiger partial charge in [-0.2, -0.15) is 0 Å². The molecule has 0 bridgehead atoms. The fourth-order valence-electron chi connectivity index (χ4n) is 1.95. The lowest BCUT2D eigenvalue weighted by molar-refractivity contribution is 0.337. The molecule has 3 nitrogen and oxygen atoms in total. The predicted molar refractivity (Wildman–Crippen MR) is 74.0 cm³/mol. The second-order valence-corrected chi connectivity index (χ2v) is 4.40. The molecule has 0 saturated carbocycles. The van der Waals surface area contributed by atoms with Crippen LogP contribution in [-0.2, 0) is 0 Å². The molecule has 0 aromatic heterocycles. The Labute approximate surface area is 105 Å². The molecular weight excluding hydrogens is 212 g/mol. The van der Waals surface area contributed by atoms with E-state index in [1.807, 2.05) is 6.92 Å². The molecule has 1 aromatic carbocycles. The maximum atomic E-state index is 5.59. The molecular formula is C14H24N2O. The van der Waals surface area contributed by atoms with Crippen molar-refractivity contribution in [1.29, 1.82) is 0 Å². The SMILES string of the molecule is CCOc1cc(C)c(N(C)CCCN)cc1C. The number of benzene rings is 1. The molecule has 0 fully saturated rings. The van der Waals surface area contributed by atoms with Crippen LogP contribution in [0.3, 0.4) is 0 Å². The highest BCUT2D eigenvalue weighted by molar-refractivity contribution is 5.58. The van der Waals surface area contributed by atoms with E-state index in [1.165, 1.54) is 16.8 Å². The summed E-state index contributed by atoms with van der Waals surface area (Å²) in [4.78, 5) is 2.25. The van der Waals surface area contributed by atoms with Gasteiger partial charge in [-0.25, -0.2) is 0 Å². The number of aryl methyl sites for hydroxylation is 2. The Morgan fingerprint density at radius 3 is 2.53 bits per heavy atom. The Kier molecular flexibility index (Phi) is 5.29. The molecule has 1 rings (SSSR count). The minimum atomic E-state index is 0.711. The van der Waals surface area contributed by atoms with Crippen LogP contribution >= 0.6 is 0 Å². The molecule has 96 valence electrons. The summed E-state index contributed by atoms with van der Waals surface area (Å²) in [5.41, 5.74) is 9.24. The monoisotopic (exact) mass is 236 g/mol. The van der Waals surface area contributed by atoms with Crippen LogP contribution in [0.4, 0.5) is 5.69 Å². The first-order valence-corrected chi connectivity index (χ1v) is 6.25.